The number of thioether (sulfide) groups is 1. The highest BCUT2D eigenvalue weighted by atomic mass is 32.2. The number of benzene rings is 1. The molecule has 1 aliphatic heterocycles. The van der Waals surface area contributed by atoms with E-state index in [0.717, 1.165) is 0 Å². The fraction of sp³-hybridized carbons (Fsp3) is 0.400. The Balaban J connectivity index is 1.48. The van der Waals surface area contributed by atoms with Crippen molar-refractivity contribution >= 4 is 28.5 Å². The van der Waals surface area contributed by atoms with E-state index >= 15 is 0 Å². The summed E-state index contributed by atoms with van der Waals surface area (Å²) in [5.74, 6) is 0.180. The average Bonchev–Trinajstić information content (AvgIpc) is 3.13. The lowest BCUT2D eigenvalue weighted by molar-refractivity contribution is -0.153. The highest BCUT2D eigenvalue weighted by Gasteiger charge is 2.29. The summed E-state index contributed by atoms with van der Waals surface area (Å²) in [6.07, 6.45) is -2.99. The van der Waals surface area contributed by atoms with Crippen molar-refractivity contribution in [3.8, 4) is 5.75 Å². The zero-order chi connectivity index (χ0) is 22.0. The second-order valence-corrected chi connectivity index (χ2v) is 8.00. The fourth-order valence-corrected chi connectivity index (χ4v) is 4.18. The number of hydrogen-bond acceptors (Lipinski definition) is 6. The largest absolute Gasteiger partial charge is 0.484 e. The van der Waals surface area contributed by atoms with Crippen LogP contribution in [0.4, 0.5) is 23.2 Å². The summed E-state index contributed by atoms with van der Waals surface area (Å²) >= 11 is 1.33. The number of nitrogens with zero attached hydrogens (tertiary/aromatic N) is 3. The summed E-state index contributed by atoms with van der Waals surface area (Å²) in [4.78, 5) is 13.8. The third-order valence-corrected chi connectivity index (χ3v) is 5.76. The van der Waals surface area contributed by atoms with Gasteiger partial charge < -0.3 is 19.4 Å². The van der Waals surface area contributed by atoms with Crippen LogP contribution in [-0.4, -0.2) is 54.0 Å². The first-order valence-corrected chi connectivity index (χ1v) is 10.6. The summed E-state index contributed by atoms with van der Waals surface area (Å²) in [7, 11) is 0. The molecule has 31 heavy (non-hydrogen) atoms. The quantitative estimate of drug-likeness (QED) is 0.436. The molecule has 0 radical (unpaired) electrons. The van der Waals surface area contributed by atoms with Crippen molar-refractivity contribution in [1.29, 1.82) is 0 Å². The van der Waals surface area contributed by atoms with E-state index in [9.17, 15) is 17.6 Å². The Labute approximate surface area is 180 Å². The summed E-state index contributed by atoms with van der Waals surface area (Å²) < 4.78 is 62.0. The fourth-order valence-electron chi connectivity index (χ4n) is 3.27. The third kappa shape index (κ3) is 5.21. The Morgan fingerprint density at radius 3 is 2.77 bits per heavy atom. The summed E-state index contributed by atoms with van der Waals surface area (Å²) in [6, 6.07) is 4.55. The number of hydrogen-bond donors (Lipinski definition) is 1. The van der Waals surface area contributed by atoms with Gasteiger partial charge in [-0.05, 0) is 19.1 Å². The molecule has 0 aliphatic carbocycles. The molecule has 4 rings (SSSR count). The number of aromatic nitrogens is 3. The minimum absolute atomic E-state index is 0.143. The van der Waals surface area contributed by atoms with E-state index in [2.05, 4.69) is 15.0 Å². The van der Waals surface area contributed by atoms with Crippen LogP contribution in [-0.2, 0) is 10.5 Å². The lowest BCUT2D eigenvalue weighted by atomic mass is 10.2. The van der Waals surface area contributed by atoms with Gasteiger partial charge in [-0.3, -0.25) is 4.98 Å². The number of anilines is 1. The van der Waals surface area contributed by atoms with Crippen molar-refractivity contribution in [2.24, 2.45) is 0 Å². The summed E-state index contributed by atoms with van der Waals surface area (Å²) in [5.41, 5.74) is 2.83. The first-order chi connectivity index (χ1) is 14.8. The van der Waals surface area contributed by atoms with Gasteiger partial charge in [0.1, 0.15) is 11.6 Å². The predicted molar refractivity (Wildman–Crippen MR) is 109 cm³/mol. The molecule has 0 amide bonds. The highest BCUT2D eigenvalue weighted by Crippen LogP contribution is 2.30. The molecule has 1 saturated heterocycles. The molecule has 166 valence electrons. The second kappa shape index (κ2) is 8.91. The molecule has 0 unspecified atom stereocenters. The van der Waals surface area contributed by atoms with Gasteiger partial charge in [0, 0.05) is 36.7 Å². The van der Waals surface area contributed by atoms with Crippen LogP contribution in [0.25, 0.3) is 11.0 Å². The molecule has 0 bridgehead atoms. The Morgan fingerprint density at radius 1 is 1.26 bits per heavy atom. The molecule has 3 heterocycles. The number of imidazole rings is 1. The number of morpholine rings is 1. The minimum Gasteiger partial charge on any atom is -0.484 e. The molecular weight excluding hydrogens is 436 g/mol. The van der Waals surface area contributed by atoms with Crippen LogP contribution >= 0.6 is 11.8 Å². The monoisotopic (exact) mass is 456 g/mol. The number of aromatic amines is 1. The smallest absolute Gasteiger partial charge is 0.422 e. The molecule has 6 nitrogen and oxygen atoms in total. The summed E-state index contributed by atoms with van der Waals surface area (Å²) in [5, 5.41) is 0.566. The van der Waals surface area contributed by atoms with Gasteiger partial charge in [-0.2, -0.15) is 13.2 Å². The Bertz CT molecular complexity index is 1070. The normalized spacial score (nSPS) is 14.9. The maximum Gasteiger partial charge on any atom is 0.422 e. The van der Waals surface area contributed by atoms with E-state index < -0.39 is 12.8 Å². The number of nitrogens with one attached hydrogen (secondary N) is 1. The molecule has 0 spiro atoms. The van der Waals surface area contributed by atoms with Crippen LogP contribution in [0.2, 0.25) is 0 Å². The number of H-pyrrole nitrogens is 1. The maximum atomic E-state index is 14.6. The van der Waals surface area contributed by atoms with E-state index in [1.807, 2.05) is 4.90 Å². The Hall–Kier alpha value is -2.53. The first kappa shape index (κ1) is 21.7. The standard InChI is InChI=1S/C20H20F4N4O2S/c1-12-16(25-3-2-18(12)30-11-20(22,23)24)10-31-19-26-14-8-13(21)17(9-15(14)27-19)28-4-6-29-7-5-28/h2-3,8-9H,4-7,10-11H2,1H3,(H,26,27). The van der Waals surface area contributed by atoms with Gasteiger partial charge in [-0.1, -0.05) is 11.8 Å². The molecule has 0 saturated carbocycles. The lowest BCUT2D eigenvalue weighted by Gasteiger charge is -2.29. The number of alkyl halides is 3. The molecule has 0 atom stereocenters. The second-order valence-electron chi connectivity index (χ2n) is 7.04. The zero-order valence-electron chi connectivity index (χ0n) is 16.6. The van der Waals surface area contributed by atoms with Gasteiger partial charge >= 0.3 is 6.18 Å². The molecule has 1 N–H and O–H groups in total. The highest BCUT2D eigenvalue weighted by molar-refractivity contribution is 7.98. The van der Waals surface area contributed by atoms with Crippen LogP contribution in [0.1, 0.15) is 11.3 Å². The molecule has 1 fully saturated rings. The average molecular weight is 456 g/mol. The molecular formula is C20H20F4N4O2S. The third-order valence-electron chi connectivity index (χ3n) is 4.88. The molecule has 11 heteroatoms. The predicted octanol–water partition coefficient (Wildman–Crippen LogP) is 4.48. The van der Waals surface area contributed by atoms with Crippen molar-refractivity contribution in [2.45, 2.75) is 24.0 Å². The van der Waals surface area contributed by atoms with Crippen LogP contribution in [0, 0.1) is 12.7 Å². The number of rotatable bonds is 6. The van der Waals surface area contributed by atoms with E-state index in [4.69, 9.17) is 9.47 Å². The molecule has 1 aliphatic rings. The van der Waals surface area contributed by atoms with Gasteiger partial charge in [-0.25, -0.2) is 9.37 Å². The van der Waals surface area contributed by atoms with Crippen molar-refractivity contribution in [1.82, 2.24) is 15.0 Å². The molecule has 3 aromatic rings. The molecule has 2 aromatic heterocycles. The van der Waals surface area contributed by atoms with Gasteiger partial charge in [0.15, 0.2) is 11.8 Å². The van der Waals surface area contributed by atoms with Crippen LogP contribution < -0.4 is 9.64 Å². The first-order valence-electron chi connectivity index (χ1n) is 9.59. The Kier molecular flexibility index (Phi) is 6.24. The zero-order valence-corrected chi connectivity index (χ0v) is 17.4. The van der Waals surface area contributed by atoms with Crippen molar-refractivity contribution < 1.29 is 27.0 Å². The van der Waals surface area contributed by atoms with Gasteiger partial charge in [0.05, 0.1) is 35.6 Å². The van der Waals surface area contributed by atoms with Gasteiger partial charge in [0.25, 0.3) is 0 Å². The minimum atomic E-state index is -4.41. The van der Waals surface area contributed by atoms with E-state index in [0.29, 0.717) is 65.2 Å². The van der Waals surface area contributed by atoms with Crippen molar-refractivity contribution in [3.63, 3.8) is 0 Å². The van der Waals surface area contributed by atoms with Crippen LogP contribution in [0.3, 0.4) is 0 Å². The van der Waals surface area contributed by atoms with E-state index in [-0.39, 0.29) is 11.6 Å². The number of ether oxygens (including phenoxy) is 2. The van der Waals surface area contributed by atoms with E-state index in [1.165, 1.54) is 30.1 Å². The SMILES string of the molecule is Cc1c(OCC(F)(F)F)ccnc1CSc1nc2cc(N3CCOCC3)c(F)cc2[nH]1. The summed E-state index contributed by atoms with van der Waals surface area (Å²) in [6.45, 7) is 2.65. The van der Waals surface area contributed by atoms with Crippen LogP contribution in [0.5, 0.6) is 5.75 Å². The number of fused-ring (bicyclic) bond motifs is 1. The Morgan fingerprint density at radius 2 is 2.03 bits per heavy atom. The molecule has 1 aromatic carbocycles. The van der Waals surface area contributed by atoms with Gasteiger partial charge in [-0.15, -0.1) is 0 Å². The van der Waals surface area contributed by atoms with Crippen molar-refractivity contribution in [3.05, 3.63) is 41.5 Å². The van der Waals surface area contributed by atoms with Crippen LogP contribution in [0.15, 0.2) is 29.6 Å². The number of pyridine rings is 1. The van der Waals surface area contributed by atoms with Crippen molar-refractivity contribution in [2.75, 3.05) is 37.8 Å². The maximum absolute atomic E-state index is 14.6. The lowest BCUT2D eigenvalue weighted by Crippen LogP contribution is -2.36. The van der Waals surface area contributed by atoms with Gasteiger partial charge in [0.2, 0.25) is 0 Å². The topological polar surface area (TPSA) is 63.3 Å². The van der Waals surface area contributed by atoms with E-state index in [1.54, 1.807) is 13.0 Å². The number of halogens is 4.